The van der Waals surface area contributed by atoms with E-state index in [2.05, 4.69) is 32.3 Å². The number of thioether (sulfide) groups is 1. The number of hydrogen-bond acceptors (Lipinski definition) is 6. The summed E-state index contributed by atoms with van der Waals surface area (Å²) in [4.78, 5) is 12.5. The number of azo groups is 1. The number of amides is 1. The number of nitrogens with zero attached hydrogens (tertiary/aromatic N) is 5. The average molecular weight is 523 g/mol. The van der Waals surface area contributed by atoms with Crippen molar-refractivity contribution >= 4 is 57.9 Å². The van der Waals surface area contributed by atoms with Crippen LogP contribution in [-0.4, -0.2) is 26.4 Å². The van der Waals surface area contributed by atoms with E-state index in [4.69, 9.17) is 23.2 Å². The van der Waals surface area contributed by atoms with E-state index < -0.39 is 0 Å². The van der Waals surface area contributed by atoms with E-state index in [1.807, 2.05) is 34.9 Å². The fourth-order valence-electron chi connectivity index (χ4n) is 3.11. The molecule has 4 rings (SSSR count). The topological polar surface area (TPSA) is 84.5 Å². The zero-order valence-electron chi connectivity index (χ0n) is 18.4. The first-order valence-corrected chi connectivity index (χ1v) is 12.3. The highest BCUT2D eigenvalue weighted by Gasteiger charge is 2.17. The number of halogens is 2. The monoisotopic (exact) mass is 522 g/mol. The van der Waals surface area contributed by atoms with Crippen LogP contribution in [0.25, 0.3) is 11.4 Å². The van der Waals surface area contributed by atoms with Crippen LogP contribution < -0.4 is 5.32 Å². The molecule has 3 aromatic carbocycles. The number of allylic oxidation sites excluding steroid dienone is 1. The van der Waals surface area contributed by atoms with Gasteiger partial charge >= 0.3 is 0 Å². The molecule has 1 aromatic heterocycles. The Bertz CT molecular complexity index is 1360. The third-order valence-electron chi connectivity index (χ3n) is 4.72. The molecule has 0 radical (unpaired) electrons. The van der Waals surface area contributed by atoms with Gasteiger partial charge < -0.3 is 5.32 Å². The Morgan fingerprint density at radius 2 is 1.71 bits per heavy atom. The smallest absolute Gasteiger partial charge is 0.234 e. The molecule has 0 aliphatic heterocycles. The molecule has 0 bridgehead atoms. The number of carbonyl (C=O) groups excluding carboxylic acids is 1. The number of rotatable bonds is 9. The molecule has 176 valence electrons. The number of anilines is 1. The molecule has 4 aromatic rings. The summed E-state index contributed by atoms with van der Waals surface area (Å²) in [5.41, 5.74) is 2.82. The van der Waals surface area contributed by atoms with Crippen molar-refractivity contribution in [2.45, 2.75) is 11.7 Å². The van der Waals surface area contributed by atoms with E-state index in [1.54, 1.807) is 48.5 Å². The summed E-state index contributed by atoms with van der Waals surface area (Å²) < 4.78 is 1.85. The number of carbonyl (C=O) groups is 1. The normalized spacial score (nSPS) is 11.0. The Labute approximate surface area is 216 Å². The lowest BCUT2D eigenvalue weighted by molar-refractivity contribution is -0.113. The summed E-state index contributed by atoms with van der Waals surface area (Å²) in [6.07, 6.45) is 1.73. The SMILES string of the molecule is C=CCn1c(SCC(=O)Nc2ccc(N=Nc3ccccc3)cc2)nnc1-c1ccc(Cl)cc1Cl. The minimum Gasteiger partial charge on any atom is -0.325 e. The van der Waals surface area contributed by atoms with Gasteiger partial charge in [0.15, 0.2) is 11.0 Å². The quantitative estimate of drug-likeness (QED) is 0.139. The molecule has 10 heteroatoms. The first kappa shape index (κ1) is 24.7. The molecule has 7 nitrogen and oxygen atoms in total. The van der Waals surface area contributed by atoms with Crippen molar-refractivity contribution in [2.24, 2.45) is 10.2 Å². The molecule has 0 fully saturated rings. The van der Waals surface area contributed by atoms with Gasteiger partial charge in [0.2, 0.25) is 5.91 Å². The van der Waals surface area contributed by atoms with Crippen LogP contribution in [-0.2, 0) is 11.3 Å². The Hall–Kier alpha value is -3.46. The minimum atomic E-state index is -0.173. The second kappa shape index (κ2) is 11.8. The Morgan fingerprint density at radius 1 is 1.00 bits per heavy atom. The molecule has 1 heterocycles. The maximum absolute atomic E-state index is 12.5. The summed E-state index contributed by atoms with van der Waals surface area (Å²) in [5.74, 6) is 0.557. The van der Waals surface area contributed by atoms with Gasteiger partial charge in [-0.25, -0.2) is 0 Å². The van der Waals surface area contributed by atoms with Crippen molar-refractivity contribution in [3.05, 3.63) is 95.5 Å². The van der Waals surface area contributed by atoms with Gasteiger partial charge in [-0.3, -0.25) is 9.36 Å². The van der Waals surface area contributed by atoms with E-state index >= 15 is 0 Å². The summed E-state index contributed by atoms with van der Waals surface area (Å²) in [7, 11) is 0. The van der Waals surface area contributed by atoms with Crippen molar-refractivity contribution < 1.29 is 4.79 Å². The Morgan fingerprint density at radius 3 is 2.40 bits per heavy atom. The molecule has 0 aliphatic rings. The van der Waals surface area contributed by atoms with Gasteiger partial charge in [-0.2, -0.15) is 10.2 Å². The molecule has 0 saturated heterocycles. The van der Waals surface area contributed by atoms with E-state index in [9.17, 15) is 4.79 Å². The van der Waals surface area contributed by atoms with Crippen molar-refractivity contribution in [2.75, 3.05) is 11.1 Å². The van der Waals surface area contributed by atoms with Gasteiger partial charge in [0.05, 0.1) is 22.2 Å². The molecule has 0 spiro atoms. The van der Waals surface area contributed by atoms with Gasteiger partial charge in [0.25, 0.3) is 0 Å². The number of benzene rings is 3. The highest BCUT2D eigenvalue weighted by Crippen LogP contribution is 2.31. The molecule has 1 N–H and O–H groups in total. The predicted octanol–water partition coefficient (Wildman–Crippen LogP) is 7.58. The molecule has 0 unspecified atom stereocenters. The zero-order valence-corrected chi connectivity index (χ0v) is 20.8. The predicted molar refractivity (Wildman–Crippen MR) is 142 cm³/mol. The number of hydrogen-bond donors (Lipinski definition) is 1. The van der Waals surface area contributed by atoms with Crippen LogP contribution in [0.1, 0.15) is 0 Å². The van der Waals surface area contributed by atoms with Gasteiger partial charge in [-0.15, -0.1) is 16.8 Å². The van der Waals surface area contributed by atoms with Crippen molar-refractivity contribution in [3.8, 4) is 11.4 Å². The highest BCUT2D eigenvalue weighted by atomic mass is 35.5. The lowest BCUT2D eigenvalue weighted by Crippen LogP contribution is -2.14. The second-order valence-corrected chi connectivity index (χ2v) is 9.04. The summed E-state index contributed by atoms with van der Waals surface area (Å²) >= 11 is 13.6. The third-order valence-corrected chi connectivity index (χ3v) is 6.24. The van der Waals surface area contributed by atoms with Crippen LogP contribution in [0.2, 0.25) is 10.0 Å². The Kier molecular flexibility index (Phi) is 8.31. The number of nitrogens with one attached hydrogen (secondary N) is 1. The largest absolute Gasteiger partial charge is 0.325 e. The van der Waals surface area contributed by atoms with Gasteiger partial charge in [-0.1, -0.05) is 59.2 Å². The number of aromatic nitrogens is 3. The molecule has 0 aliphatic carbocycles. The molecule has 1 amide bonds. The maximum atomic E-state index is 12.5. The van der Waals surface area contributed by atoms with Crippen LogP contribution in [0.4, 0.5) is 17.1 Å². The van der Waals surface area contributed by atoms with Crippen LogP contribution >= 0.6 is 35.0 Å². The van der Waals surface area contributed by atoms with Crippen molar-refractivity contribution in [1.82, 2.24) is 14.8 Å². The summed E-state index contributed by atoms with van der Waals surface area (Å²) in [6, 6.07) is 21.8. The molecular formula is C25H20Cl2N6OS. The first-order chi connectivity index (χ1) is 17.0. The lowest BCUT2D eigenvalue weighted by atomic mass is 10.2. The summed E-state index contributed by atoms with van der Waals surface area (Å²) in [5, 5.41) is 21.4. The van der Waals surface area contributed by atoms with Crippen LogP contribution in [0, 0.1) is 0 Å². The maximum Gasteiger partial charge on any atom is 0.234 e. The fourth-order valence-corrected chi connectivity index (χ4v) is 4.35. The highest BCUT2D eigenvalue weighted by molar-refractivity contribution is 7.99. The standard InChI is InChI=1S/C25H20Cl2N6OS/c1-2-14-33-24(21-13-8-17(26)15-22(21)27)31-32-25(33)35-16-23(34)28-18-9-11-20(12-10-18)30-29-19-6-4-3-5-7-19/h2-13,15H,1,14,16H2,(H,28,34). The van der Waals surface area contributed by atoms with Gasteiger partial charge in [0.1, 0.15) is 0 Å². The lowest BCUT2D eigenvalue weighted by Gasteiger charge is -2.09. The van der Waals surface area contributed by atoms with Gasteiger partial charge in [0, 0.05) is 22.8 Å². The molecule has 0 saturated carbocycles. The molecular weight excluding hydrogens is 503 g/mol. The van der Waals surface area contributed by atoms with Crippen LogP contribution in [0.15, 0.2) is 101 Å². The first-order valence-electron chi connectivity index (χ1n) is 10.5. The van der Waals surface area contributed by atoms with Gasteiger partial charge in [-0.05, 0) is 54.6 Å². The molecule has 35 heavy (non-hydrogen) atoms. The van der Waals surface area contributed by atoms with E-state index in [-0.39, 0.29) is 11.7 Å². The Balaban J connectivity index is 1.38. The van der Waals surface area contributed by atoms with E-state index in [0.29, 0.717) is 44.5 Å². The zero-order chi connectivity index (χ0) is 24.6. The molecule has 0 atom stereocenters. The van der Waals surface area contributed by atoms with Crippen molar-refractivity contribution in [1.29, 1.82) is 0 Å². The summed E-state index contributed by atoms with van der Waals surface area (Å²) in [6.45, 7) is 4.27. The van der Waals surface area contributed by atoms with E-state index in [0.717, 1.165) is 5.69 Å². The fraction of sp³-hybridized carbons (Fsp3) is 0.0800. The minimum absolute atomic E-state index is 0.152. The van der Waals surface area contributed by atoms with Crippen molar-refractivity contribution in [3.63, 3.8) is 0 Å². The third kappa shape index (κ3) is 6.57. The second-order valence-electron chi connectivity index (χ2n) is 7.25. The van der Waals surface area contributed by atoms with E-state index in [1.165, 1.54) is 11.8 Å². The average Bonchev–Trinajstić information content (AvgIpc) is 3.25. The van der Waals surface area contributed by atoms with Crippen LogP contribution in [0.5, 0.6) is 0 Å². The van der Waals surface area contributed by atoms with Crippen LogP contribution in [0.3, 0.4) is 0 Å².